The van der Waals surface area contributed by atoms with E-state index in [0.29, 0.717) is 12.1 Å². The van der Waals surface area contributed by atoms with E-state index in [1.165, 1.54) is 24.8 Å². The number of rotatable bonds is 3. The van der Waals surface area contributed by atoms with Crippen molar-refractivity contribution in [1.29, 1.82) is 0 Å². The fraction of sp³-hybridized carbons (Fsp3) is 0.625. The van der Waals surface area contributed by atoms with Gasteiger partial charge in [-0.3, -0.25) is 0 Å². The van der Waals surface area contributed by atoms with E-state index in [2.05, 4.69) is 26.1 Å². The van der Waals surface area contributed by atoms with E-state index in [4.69, 9.17) is 0 Å². The van der Waals surface area contributed by atoms with Crippen molar-refractivity contribution in [2.24, 2.45) is 11.8 Å². The van der Waals surface area contributed by atoms with Crippen LogP contribution in [0.25, 0.3) is 0 Å². The molecule has 0 bridgehead atoms. The van der Waals surface area contributed by atoms with Gasteiger partial charge in [0.15, 0.2) is 0 Å². The second-order valence-electron chi connectivity index (χ2n) is 5.94. The molecule has 0 aliphatic heterocycles. The maximum Gasteiger partial charge on any atom is 0.123 e. The summed E-state index contributed by atoms with van der Waals surface area (Å²) in [4.78, 5) is 0. The number of nitrogens with one attached hydrogen (secondary N) is 1. The van der Waals surface area contributed by atoms with Crippen molar-refractivity contribution < 1.29 is 4.39 Å². The molecule has 1 aromatic carbocycles. The Balaban J connectivity index is 1.97. The van der Waals surface area contributed by atoms with E-state index in [-0.39, 0.29) is 5.82 Å². The van der Waals surface area contributed by atoms with Gasteiger partial charge in [-0.1, -0.05) is 32.4 Å². The molecule has 0 aromatic heterocycles. The molecule has 1 aliphatic rings. The smallest absolute Gasteiger partial charge is 0.123 e. The van der Waals surface area contributed by atoms with Gasteiger partial charge in [-0.05, 0) is 49.3 Å². The molecule has 4 unspecified atom stereocenters. The van der Waals surface area contributed by atoms with Crippen LogP contribution in [0.5, 0.6) is 0 Å². The lowest BCUT2D eigenvalue weighted by Crippen LogP contribution is -2.40. The summed E-state index contributed by atoms with van der Waals surface area (Å²) in [5.41, 5.74) is 1.17. The minimum absolute atomic E-state index is 0.161. The van der Waals surface area contributed by atoms with Crippen LogP contribution in [0.15, 0.2) is 24.3 Å². The van der Waals surface area contributed by atoms with Crippen LogP contribution >= 0.6 is 0 Å². The van der Waals surface area contributed by atoms with Gasteiger partial charge >= 0.3 is 0 Å². The van der Waals surface area contributed by atoms with Crippen LogP contribution in [0, 0.1) is 17.7 Å². The number of hydrogen-bond donors (Lipinski definition) is 1. The molecule has 2 rings (SSSR count). The maximum absolute atomic E-state index is 12.9. The molecule has 4 atom stereocenters. The molecule has 1 aliphatic carbocycles. The van der Waals surface area contributed by atoms with E-state index in [9.17, 15) is 4.39 Å². The molecule has 0 spiro atoms. The summed E-state index contributed by atoms with van der Waals surface area (Å²) < 4.78 is 12.9. The summed E-state index contributed by atoms with van der Waals surface area (Å²) >= 11 is 0. The van der Waals surface area contributed by atoms with E-state index in [0.717, 1.165) is 11.8 Å². The molecule has 1 N–H and O–H groups in total. The van der Waals surface area contributed by atoms with Crippen molar-refractivity contribution in [3.63, 3.8) is 0 Å². The SMILES string of the molecule is CC1CCC(C)C(NC(C)c2ccc(F)cc2)C1. The highest BCUT2D eigenvalue weighted by atomic mass is 19.1. The van der Waals surface area contributed by atoms with Gasteiger partial charge in [-0.25, -0.2) is 4.39 Å². The topological polar surface area (TPSA) is 12.0 Å². The second-order valence-corrected chi connectivity index (χ2v) is 5.94. The third-order valence-corrected chi connectivity index (χ3v) is 4.29. The Morgan fingerprint density at radius 1 is 1.17 bits per heavy atom. The van der Waals surface area contributed by atoms with E-state index < -0.39 is 0 Å². The van der Waals surface area contributed by atoms with Crippen molar-refractivity contribution in [3.8, 4) is 0 Å². The van der Waals surface area contributed by atoms with Gasteiger partial charge in [0.25, 0.3) is 0 Å². The number of halogens is 1. The Bertz CT molecular complexity index is 373. The Morgan fingerprint density at radius 3 is 2.50 bits per heavy atom. The van der Waals surface area contributed by atoms with Gasteiger partial charge in [-0.15, -0.1) is 0 Å². The lowest BCUT2D eigenvalue weighted by atomic mass is 9.79. The summed E-state index contributed by atoms with van der Waals surface area (Å²) in [6.07, 6.45) is 3.92. The first-order valence-electron chi connectivity index (χ1n) is 7.07. The van der Waals surface area contributed by atoms with Crippen molar-refractivity contribution >= 4 is 0 Å². The Hall–Kier alpha value is -0.890. The molecule has 1 nitrogen and oxygen atoms in total. The second kappa shape index (κ2) is 5.83. The van der Waals surface area contributed by atoms with Crippen molar-refractivity contribution in [2.45, 2.75) is 52.1 Å². The molecule has 100 valence electrons. The molecule has 0 radical (unpaired) electrons. The average molecular weight is 249 g/mol. The highest BCUT2D eigenvalue weighted by molar-refractivity contribution is 5.19. The third-order valence-electron chi connectivity index (χ3n) is 4.29. The zero-order chi connectivity index (χ0) is 13.1. The van der Waals surface area contributed by atoms with Gasteiger partial charge in [0.2, 0.25) is 0 Å². The lowest BCUT2D eigenvalue weighted by molar-refractivity contribution is 0.216. The van der Waals surface area contributed by atoms with E-state index >= 15 is 0 Å². The van der Waals surface area contributed by atoms with Crippen LogP contribution < -0.4 is 5.32 Å². The molecule has 18 heavy (non-hydrogen) atoms. The quantitative estimate of drug-likeness (QED) is 0.842. The van der Waals surface area contributed by atoms with Crippen LogP contribution in [0.2, 0.25) is 0 Å². The van der Waals surface area contributed by atoms with Crippen LogP contribution in [-0.4, -0.2) is 6.04 Å². The highest BCUT2D eigenvalue weighted by Crippen LogP contribution is 2.30. The predicted molar refractivity (Wildman–Crippen MR) is 73.9 cm³/mol. The molecule has 0 saturated heterocycles. The van der Waals surface area contributed by atoms with E-state index in [1.54, 1.807) is 12.1 Å². The van der Waals surface area contributed by atoms with Crippen LogP contribution in [0.4, 0.5) is 4.39 Å². The van der Waals surface area contributed by atoms with Crippen LogP contribution in [-0.2, 0) is 0 Å². The first kappa shape index (κ1) is 13.5. The van der Waals surface area contributed by atoms with Gasteiger partial charge in [-0.2, -0.15) is 0 Å². The van der Waals surface area contributed by atoms with Crippen molar-refractivity contribution in [3.05, 3.63) is 35.6 Å². The largest absolute Gasteiger partial charge is 0.307 e. The van der Waals surface area contributed by atoms with Gasteiger partial charge < -0.3 is 5.32 Å². The molecular formula is C16H24FN. The summed E-state index contributed by atoms with van der Waals surface area (Å²) in [5.74, 6) is 1.40. The molecule has 0 amide bonds. The minimum atomic E-state index is -0.161. The summed E-state index contributed by atoms with van der Waals surface area (Å²) in [6, 6.07) is 7.73. The predicted octanol–water partition coefficient (Wildman–Crippen LogP) is 4.30. The zero-order valence-corrected chi connectivity index (χ0v) is 11.6. The van der Waals surface area contributed by atoms with E-state index in [1.807, 2.05) is 12.1 Å². The fourth-order valence-electron chi connectivity index (χ4n) is 2.93. The lowest BCUT2D eigenvalue weighted by Gasteiger charge is -2.35. The molecule has 1 aromatic rings. The normalized spacial score (nSPS) is 30.1. The summed E-state index contributed by atoms with van der Waals surface area (Å²) in [5, 5.41) is 3.71. The van der Waals surface area contributed by atoms with Gasteiger partial charge in [0.1, 0.15) is 5.82 Å². The molecule has 1 saturated carbocycles. The molecule has 2 heteroatoms. The van der Waals surface area contributed by atoms with Gasteiger partial charge in [0.05, 0.1) is 0 Å². The number of hydrogen-bond acceptors (Lipinski definition) is 1. The van der Waals surface area contributed by atoms with Crippen molar-refractivity contribution in [2.75, 3.05) is 0 Å². The standard InChI is InChI=1S/C16H24FN/c1-11-4-5-12(2)16(10-11)18-13(3)14-6-8-15(17)9-7-14/h6-9,11-13,16,18H,4-5,10H2,1-3H3. The van der Waals surface area contributed by atoms with Gasteiger partial charge in [0, 0.05) is 12.1 Å². The zero-order valence-electron chi connectivity index (χ0n) is 11.6. The average Bonchev–Trinajstić information content (AvgIpc) is 2.34. The number of benzene rings is 1. The fourth-order valence-corrected chi connectivity index (χ4v) is 2.93. The summed E-state index contributed by atoms with van der Waals surface area (Å²) in [6.45, 7) is 6.84. The highest BCUT2D eigenvalue weighted by Gasteiger charge is 2.26. The summed E-state index contributed by atoms with van der Waals surface area (Å²) in [7, 11) is 0. The molecule has 1 fully saturated rings. The van der Waals surface area contributed by atoms with Crippen LogP contribution in [0.1, 0.15) is 51.6 Å². The molecular weight excluding hydrogens is 225 g/mol. The molecule has 0 heterocycles. The van der Waals surface area contributed by atoms with Crippen molar-refractivity contribution in [1.82, 2.24) is 5.32 Å². The Morgan fingerprint density at radius 2 is 1.83 bits per heavy atom. The Labute approximate surface area is 110 Å². The third kappa shape index (κ3) is 3.32. The van der Waals surface area contributed by atoms with Crippen LogP contribution in [0.3, 0.4) is 0 Å². The maximum atomic E-state index is 12.9. The Kier molecular flexibility index (Phi) is 4.39. The first-order valence-corrected chi connectivity index (χ1v) is 7.07. The monoisotopic (exact) mass is 249 g/mol. The minimum Gasteiger partial charge on any atom is -0.307 e. The first-order chi connectivity index (χ1) is 8.56.